The summed E-state index contributed by atoms with van der Waals surface area (Å²) in [5.41, 5.74) is 5.38. The lowest BCUT2D eigenvalue weighted by molar-refractivity contribution is -0.385. The predicted octanol–water partition coefficient (Wildman–Crippen LogP) is 1.50. The number of nitro groups is 1. The zero-order valence-electron chi connectivity index (χ0n) is 9.34. The highest BCUT2D eigenvalue weighted by Crippen LogP contribution is 2.17. The van der Waals surface area contributed by atoms with Gasteiger partial charge in [0.25, 0.3) is 5.69 Å². The number of rotatable bonds is 5. The van der Waals surface area contributed by atoms with E-state index in [1.165, 1.54) is 18.3 Å². The largest absolute Gasteiger partial charge is 0.476 e. The minimum Gasteiger partial charge on any atom is -0.476 e. The van der Waals surface area contributed by atoms with Gasteiger partial charge in [-0.25, -0.2) is 4.98 Å². The van der Waals surface area contributed by atoms with Crippen molar-refractivity contribution >= 4 is 5.69 Å². The van der Waals surface area contributed by atoms with Crippen molar-refractivity contribution in [3.05, 3.63) is 28.4 Å². The van der Waals surface area contributed by atoms with Crippen LogP contribution in [0, 0.1) is 10.1 Å². The Balaban J connectivity index is 2.68. The number of hydrogen-bond acceptors (Lipinski definition) is 5. The van der Waals surface area contributed by atoms with Gasteiger partial charge in [-0.15, -0.1) is 0 Å². The maximum Gasteiger partial charge on any atom is 0.276 e. The van der Waals surface area contributed by atoms with E-state index in [4.69, 9.17) is 10.5 Å². The normalized spacial score (nSPS) is 14.2. The molecular weight excluding hydrogens is 210 g/mol. The Kier molecular flexibility index (Phi) is 3.78. The minimum absolute atomic E-state index is 0.0415. The van der Waals surface area contributed by atoms with E-state index in [9.17, 15) is 10.1 Å². The van der Waals surface area contributed by atoms with Crippen molar-refractivity contribution in [3.8, 4) is 5.88 Å². The number of ether oxygens (including phenoxy) is 1. The summed E-state index contributed by atoms with van der Waals surface area (Å²) in [6.45, 7) is 4.08. The van der Waals surface area contributed by atoms with E-state index in [1.807, 2.05) is 13.8 Å². The summed E-state index contributed by atoms with van der Waals surface area (Å²) in [4.78, 5) is 13.9. The molecular formula is C10H15N3O3. The molecule has 0 aliphatic rings. The summed E-state index contributed by atoms with van der Waals surface area (Å²) in [6.07, 6.45) is 2.09. The molecule has 0 amide bonds. The molecule has 1 unspecified atom stereocenters. The lowest BCUT2D eigenvalue weighted by Crippen LogP contribution is -2.41. The molecule has 6 nitrogen and oxygen atoms in total. The third-order valence-corrected chi connectivity index (χ3v) is 2.29. The molecule has 1 atom stereocenters. The molecule has 1 aromatic heterocycles. The van der Waals surface area contributed by atoms with Crippen molar-refractivity contribution in [2.24, 2.45) is 5.73 Å². The van der Waals surface area contributed by atoms with Crippen LogP contribution in [0.4, 0.5) is 5.69 Å². The maximum atomic E-state index is 10.5. The summed E-state index contributed by atoms with van der Waals surface area (Å²) in [7, 11) is 0. The van der Waals surface area contributed by atoms with Gasteiger partial charge in [-0.1, -0.05) is 6.92 Å². The van der Waals surface area contributed by atoms with Crippen LogP contribution >= 0.6 is 0 Å². The third-order valence-electron chi connectivity index (χ3n) is 2.29. The van der Waals surface area contributed by atoms with Gasteiger partial charge in [-0.05, 0) is 13.3 Å². The van der Waals surface area contributed by atoms with E-state index in [-0.39, 0.29) is 18.2 Å². The average molecular weight is 225 g/mol. The number of nitrogens with two attached hydrogens (primary N) is 1. The van der Waals surface area contributed by atoms with Crippen LogP contribution in [0.1, 0.15) is 20.3 Å². The smallest absolute Gasteiger partial charge is 0.276 e. The zero-order chi connectivity index (χ0) is 12.2. The van der Waals surface area contributed by atoms with Crippen molar-refractivity contribution in [1.29, 1.82) is 0 Å². The topological polar surface area (TPSA) is 91.3 Å². The molecule has 0 aromatic carbocycles. The van der Waals surface area contributed by atoms with Gasteiger partial charge in [0.1, 0.15) is 6.61 Å². The monoisotopic (exact) mass is 225 g/mol. The molecule has 0 bridgehead atoms. The predicted molar refractivity (Wildman–Crippen MR) is 59.3 cm³/mol. The minimum atomic E-state index is -0.490. The van der Waals surface area contributed by atoms with Crippen LogP contribution in [-0.2, 0) is 0 Å². The number of aromatic nitrogens is 1. The molecule has 0 aliphatic heterocycles. The molecule has 16 heavy (non-hydrogen) atoms. The van der Waals surface area contributed by atoms with Crippen molar-refractivity contribution in [2.75, 3.05) is 6.61 Å². The summed E-state index contributed by atoms with van der Waals surface area (Å²) >= 11 is 0. The first-order valence-corrected chi connectivity index (χ1v) is 4.97. The van der Waals surface area contributed by atoms with E-state index in [0.717, 1.165) is 6.42 Å². The molecule has 0 aliphatic carbocycles. The SMILES string of the molecule is CCC(C)(N)COc1cc([N+](=O)[O-])ccn1. The lowest BCUT2D eigenvalue weighted by Gasteiger charge is -2.22. The highest BCUT2D eigenvalue weighted by Gasteiger charge is 2.17. The number of hydrogen-bond donors (Lipinski definition) is 1. The highest BCUT2D eigenvalue weighted by atomic mass is 16.6. The molecule has 0 radical (unpaired) electrons. The van der Waals surface area contributed by atoms with Gasteiger partial charge in [0.15, 0.2) is 0 Å². The van der Waals surface area contributed by atoms with Crippen LogP contribution in [-0.4, -0.2) is 22.1 Å². The molecule has 6 heteroatoms. The Labute approximate surface area is 93.6 Å². The van der Waals surface area contributed by atoms with E-state index in [1.54, 1.807) is 0 Å². The standard InChI is InChI=1S/C10H15N3O3/c1-3-10(2,11)7-16-9-6-8(13(14)15)4-5-12-9/h4-6H,3,7,11H2,1-2H3. The fourth-order valence-electron chi connectivity index (χ4n) is 0.932. The Morgan fingerprint density at radius 3 is 2.94 bits per heavy atom. The van der Waals surface area contributed by atoms with Crippen LogP contribution in [0.15, 0.2) is 18.3 Å². The van der Waals surface area contributed by atoms with E-state index in [0.29, 0.717) is 0 Å². The lowest BCUT2D eigenvalue weighted by atomic mass is 10.0. The highest BCUT2D eigenvalue weighted by molar-refractivity contribution is 5.32. The number of pyridine rings is 1. The molecule has 1 rings (SSSR count). The van der Waals surface area contributed by atoms with Gasteiger partial charge in [0.05, 0.1) is 11.0 Å². The van der Waals surface area contributed by atoms with Gasteiger partial charge in [0.2, 0.25) is 5.88 Å². The van der Waals surface area contributed by atoms with Crippen molar-refractivity contribution < 1.29 is 9.66 Å². The molecule has 0 fully saturated rings. The van der Waals surface area contributed by atoms with Crippen LogP contribution < -0.4 is 10.5 Å². The molecule has 1 heterocycles. The van der Waals surface area contributed by atoms with Crippen LogP contribution in [0.25, 0.3) is 0 Å². The van der Waals surface area contributed by atoms with Gasteiger partial charge in [0, 0.05) is 17.8 Å². The van der Waals surface area contributed by atoms with Crippen LogP contribution in [0.5, 0.6) is 5.88 Å². The van der Waals surface area contributed by atoms with Crippen molar-refractivity contribution in [1.82, 2.24) is 4.98 Å². The van der Waals surface area contributed by atoms with Crippen LogP contribution in [0.3, 0.4) is 0 Å². The average Bonchev–Trinajstić information content (AvgIpc) is 2.27. The van der Waals surface area contributed by atoms with Gasteiger partial charge >= 0.3 is 0 Å². The molecule has 88 valence electrons. The van der Waals surface area contributed by atoms with E-state index in [2.05, 4.69) is 4.98 Å². The second-order valence-corrected chi connectivity index (χ2v) is 3.91. The summed E-state index contributed by atoms with van der Waals surface area (Å²) < 4.78 is 5.31. The Morgan fingerprint density at radius 2 is 2.38 bits per heavy atom. The van der Waals surface area contributed by atoms with Crippen molar-refractivity contribution in [3.63, 3.8) is 0 Å². The molecule has 0 saturated heterocycles. The Hall–Kier alpha value is -1.69. The first-order valence-electron chi connectivity index (χ1n) is 4.97. The Morgan fingerprint density at radius 1 is 1.69 bits per heavy atom. The van der Waals surface area contributed by atoms with E-state index >= 15 is 0 Å². The van der Waals surface area contributed by atoms with Crippen molar-refractivity contribution in [2.45, 2.75) is 25.8 Å². The third kappa shape index (κ3) is 3.47. The summed E-state index contributed by atoms with van der Waals surface area (Å²) in [5, 5.41) is 10.5. The van der Waals surface area contributed by atoms with Crippen LogP contribution in [0.2, 0.25) is 0 Å². The summed E-state index contributed by atoms with van der Waals surface area (Å²) in [5.74, 6) is 0.222. The fraction of sp³-hybridized carbons (Fsp3) is 0.500. The fourth-order valence-corrected chi connectivity index (χ4v) is 0.932. The molecule has 0 spiro atoms. The maximum absolute atomic E-state index is 10.5. The molecule has 2 N–H and O–H groups in total. The zero-order valence-corrected chi connectivity index (χ0v) is 9.34. The summed E-state index contributed by atoms with van der Waals surface area (Å²) in [6, 6.07) is 2.60. The van der Waals surface area contributed by atoms with Gasteiger partial charge < -0.3 is 10.5 Å². The van der Waals surface area contributed by atoms with Gasteiger partial charge in [-0.2, -0.15) is 0 Å². The number of nitrogens with zero attached hydrogens (tertiary/aromatic N) is 2. The first kappa shape index (κ1) is 12.4. The van der Waals surface area contributed by atoms with E-state index < -0.39 is 10.5 Å². The molecule has 1 aromatic rings. The first-order chi connectivity index (χ1) is 7.44. The second kappa shape index (κ2) is 4.89. The Bertz CT molecular complexity index is 379. The quantitative estimate of drug-likeness (QED) is 0.605. The second-order valence-electron chi connectivity index (χ2n) is 3.91. The molecule has 0 saturated carbocycles. The van der Waals surface area contributed by atoms with Gasteiger partial charge in [-0.3, -0.25) is 10.1 Å².